The fourth-order valence-corrected chi connectivity index (χ4v) is 0.701. The van der Waals surface area contributed by atoms with Crippen molar-refractivity contribution in [1.82, 2.24) is 9.99 Å². The highest BCUT2D eigenvalue weighted by Gasteiger charge is 1.86. The lowest BCUT2D eigenvalue weighted by atomic mass is 10.4. The van der Waals surface area contributed by atoms with E-state index in [1.54, 1.807) is 0 Å². The average Bonchev–Trinajstić information content (AvgIpc) is 1.66. The van der Waals surface area contributed by atoms with Crippen molar-refractivity contribution >= 4 is 9.39 Å². The van der Waals surface area contributed by atoms with Gasteiger partial charge in [0.2, 0.25) is 0 Å². The molecule has 0 saturated carbocycles. The van der Waals surface area contributed by atoms with Crippen LogP contribution in [0.25, 0.3) is 0 Å². The first kappa shape index (κ1) is 8.35. The molecule has 0 aliphatic carbocycles. The molecule has 1 atom stereocenters. The van der Waals surface area contributed by atoms with Crippen LogP contribution in [0.2, 0.25) is 0 Å². The monoisotopic (exact) mass is 134 g/mol. The second-order valence-corrected chi connectivity index (χ2v) is 2.52. The van der Waals surface area contributed by atoms with E-state index in [2.05, 4.69) is 33.5 Å². The molecule has 1 N–H and O–H groups in total. The summed E-state index contributed by atoms with van der Waals surface area (Å²) in [6, 6.07) is 0. The van der Waals surface area contributed by atoms with Crippen molar-refractivity contribution in [3.05, 3.63) is 0 Å². The summed E-state index contributed by atoms with van der Waals surface area (Å²) in [7, 11) is 6.66. The summed E-state index contributed by atoms with van der Waals surface area (Å²) in [5.41, 5.74) is 0. The number of hydrogen-bond acceptors (Lipinski definition) is 2. The zero-order valence-electron chi connectivity index (χ0n) is 5.65. The predicted octanol–water partition coefficient (Wildman–Crippen LogP) is 0.318. The second-order valence-electron chi connectivity index (χ2n) is 2.11. The van der Waals surface area contributed by atoms with Crippen LogP contribution in [0.5, 0.6) is 0 Å². The topological polar surface area (TPSA) is 15.3 Å². The van der Waals surface area contributed by atoms with Crippen LogP contribution in [0.3, 0.4) is 0 Å². The molecule has 2 nitrogen and oxygen atoms in total. The Morgan fingerprint density at radius 2 is 2.12 bits per heavy atom. The molecule has 0 aliphatic rings. The molecular formula is C5H15N2P. The SMILES string of the molecule is CN(C)CCCNP. The molecular weight excluding hydrogens is 119 g/mol. The summed E-state index contributed by atoms with van der Waals surface area (Å²) in [4.78, 5) is 2.18. The Balaban J connectivity index is 2.72. The lowest BCUT2D eigenvalue weighted by Crippen LogP contribution is -2.16. The molecule has 0 rings (SSSR count). The first-order valence-electron chi connectivity index (χ1n) is 2.85. The van der Waals surface area contributed by atoms with E-state index in [1.165, 1.54) is 13.0 Å². The summed E-state index contributed by atoms with van der Waals surface area (Å²) in [6.07, 6.45) is 1.22. The van der Waals surface area contributed by atoms with E-state index < -0.39 is 0 Å². The van der Waals surface area contributed by atoms with E-state index in [1.807, 2.05) is 0 Å². The van der Waals surface area contributed by atoms with Gasteiger partial charge in [-0.25, -0.2) is 0 Å². The van der Waals surface area contributed by atoms with E-state index in [4.69, 9.17) is 0 Å². The lowest BCUT2D eigenvalue weighted by Gasteiger charge is -2.07. The van der Waals surface area contributed by atoms with Gasteiger partial charge in [0.1, 0.15) is 0 Å². The van der Waals surface area contributed by atoms with Gasteiger partial charge in [0.05, 0.1) is 0 Å². The maximum absolute atomic E-state index is 3.01. The molecule has 0 heterocycles. The van der Waals surface area contributed by atoms with Crippen LogP contribution >= 0.6 is 9.39 Å². The first-order chi connectivity index (χ1) is 3.77. The van der Waals surface area contributed by atoms with Gasteiger partial charge in [0.15, 0.2) is 0 Å². The second kappa shape index (κ2) is 5.49. The van der Waals surface area contributed by atoms with E-state index in [0.717, 1.165) is 6.54 Å². The van der Waals surface area contributed by atoms with Gasteiger partial charge in [-0.15, -0.1) is 0 Å². The molecule has 1 unspecified atom stereocenters. The summed E-state index contributed by atoms with van der Waals surface area (Å²) in [5, 5.41) is 3.01. The molecule has 0 radical (unpaired) electrons. The van der Waals surface area contributed by atoms with E-state index in [0.29, 0.717) is 0 Å². The molecule has 0 fully saturated rings. The standard InChI is InChI=1S/C5H15N2P/c1-7(2)5-3-4-6-8/h6H,3-5,8H2,1-2H3. The largest absolute Gasteiger partial charge is 0.309 e. The van der Waals surface area contributed by atoms with Crippen molar-refractivity contribution in [2.45, 2.75) is 6.42 Å². The number of rotatable bonds is 4. The van der Waals surface area contributed by atoms with E-state index >= 15 is 0 Å². The van der Waals surface area contributed by atoms with Gasteiger partial charge in [-0.1, -0.05) is 9.39 Å². The Morgan fingerprint density at radius 3 is 2.50 bits per heavy atom. The van der Waals surface area contributed by atoms with E-state index in [9.17, 15) is 0 Å². The average molecular weight is 134 g/mol. The Kier molecular flexibility index (Phi) is 5.73. The maximum atomic E-state index is 3.01. The summed E-state index contributed by atoms with van der Waals surface area (Å²) >= 11 is 0. The third kappa shape index (κ3) is 6.35. The predicted molar refractivity (Wildman–Crippen MR) is 40.9 cm³/mol. The van der Waals surface area contributed by atoms with Crippen LogP contribution in [-0.4, -0.2) is 32.1 Å². The zero-order chi connectivity index (χ0) is 6.41. The van der Waals surface area contributed by atoms with E-state index in [-0.39, 0.29) is 0 Å². The first-order valence-corrected chi connectivity index (χ1v) is 3.43. The molecule has 50 valence electrons. The van der Waals surface area contributed by atoms with Crippen molar-refractivity contribution in [1.29, 1.82) is 0 Å². The number of nitrogens with one attached hydrogen (secondary N) is 1. The Morgan fingerprint density at radius 1 is 1.50 bits per heavy atom. The Labute approximate surface area is 53.9 Å². The van der Waals surface area contributed by atoms with Gasteiger partial charge in [-0.2, -0.15) is 0 Å². The van der Waals surface area contributed by atoms with Crippen molar-refractivity contribution < 1.29 is 0 Å². The zero-order valence-corrected chi connectivity index (χ0v) is 6.80. The smallest absolute Gasteiger partial charge is 0.000226 e. The van der Waals surface area contributed by atoms with Crippen LogP contribution in [-0.2, 0) is 0 Å². The minimum atomic E-state index is 1.09. The fraction of sp³-hybridized carbons (Fsp3) is 1.00. The Bertz CT molecular complexity index is 47.7. The maximum Gasteiger partial charge on any atom is -0.000226 e. The molecule has 0 bridgehead atoms. The third-order valence-corrected chi connectivity index (χ3v) is 1.22. The van der Waals surface area contributed by atoms with Crippen LogP contribution in [0.1, 0.15) is 6.42 Å². The summed E-state index contributed by atoms with van der Waals surface area (Å²) < 4.78 is 0. The third-order valence-electron chi connectivity index (χ3n) is 0.926. The van der Waals surface area contributed by atoms with Crippen LogP contribution in [0.4, 0.5) is 0 Å². The van der Waals surface area contributed by atoms with Crippen molar-refractivity contribution in [3.8, 4) is 0 Å². The molecule has 0 aromatic carbocycles. The highest BCUT2D eigenvalue weighted by Crippen LogP contribution is 1.81. The van der Waals surface area contributed by atoms with Gasteiger partial charge >= 0.3 is 0 Å². The van der Waals surface area contributed by atoms with Crippen molar-refractivity contribution in [2.24, 2.45) is 0 Å². The summed E-state index contributed by atoms with van der Waals surface area (Å²) in [6.45, 7) is 2.25. The van der Waals surface area contributed by atoms with Gasteiger partial charge < -0.3 is 9.99 Å². The Hall–Kier alpha value is 0.350. The van der Waals surface area contributed by atoms with Crippen molar-refractivity contribution in [2.75, 3.05) is 27.2 Å². The fourth-order valence-electron chi connectivity index (χ4n) is 0.497. The molecule has 8 heavy (non-hydrogen) atoms. The van der Waals surface area contributed by atoms with Gasteiger partial charge in [-0.3, -0.25) is 0 Å². The molecule has 0 aromatic rings. The molecule has 0 spiro atoms. The van der Waals surface area contributed by atoms with Gasteiger partial charge in [0.25, 0.3) is 0 Å². The molecule has 0 saturated heterocycles. The minimum Gasteiger partial charge on any atom is -0.309 e. The van der Waals surface area contributed by atoms with Gasteiger partial charge in [0, 0.05) is 0 Å². The molecule has 0 aromatic heterocycles. The number of hydrogen-bond donors (Lipinski definition) is 1. The van der Waals surface area contributed by atoms with Crippen LogP contribution in [0.15, 0.2) is 0 Å². The van der Waals surface area contributed by atoms with Crippen LogP contribution < -0.4 is 5.09 Å². The summed E-state index contributed by atoms with van der Waals surface area (Å²) in [5.74, 6) is 0. The minimum absolute atomic E-state index is 1.09. The number of nitrogens with zero attached hydrogens (tertiary/aromatic N) is 1. The van der Waals surface area contributed by atoms with Gasteiger partial charge in [-0.05, 0) is 33.6 Å². The van der Waals surface area contributed by atoms with Crippen LogP contribution in [0, 0.1) is 0 Å². The lowest BCUT2D eigenvalue weighted by molar-refractivity contribution is 0.401. The van der Waals surface area contributed by atoms with Crippen molar-refractivity contribution in [3.63, 3.8) is 0 Å². The molecule has 3 heteroatoms. The highest BCUT2D eigenvalue weighted by atomic mass is 31.0. The normalized spacial score (nSPS) is 10.5. The highest BCUT2D eigenvalue weighted by molar-refractivity contribution is 7.13. The molecule has 0 aliphatic heterocycles. The quantitative estimate of drug-likeness (QED) is 0.440. The molecule has 0 amide bonds.